The first-order valence-corrected chi connectivity index (χ1v) is 6.08. The highest BCUT2D eigenvalue weighted by molar-refractivity contribution is 7.69. The highest BCUT2D eigenvalue weighted by Crippen LogP contribution is 2.32. The largest absolute Gasteiger partial charge is 0.318 e. The zero-order valence-electron chi connectivity index (χ0n) is 7.03. The minimum Gasteiger partial charge on any atom is -0.318 e. The molecule has 1 rings (SSSR count). The van der Waals surface area contributed by atoms with Crippen LogP contribution in [0.3, 0.4) is 0 Å². The van der Waals surface area contributed by atoms with E-state index in [-0.39, 0.29) is 0 Å². The average Bonchev–Trinajstić information content (AvgIpc) is 1.86. The number of aromatic nitrogens is 1. The van der Waals surface area contributed by atoms with Crippen LogP contribution in [0, 0.1) is 6.92 Å². The number of pyridine rings is 1. The van der Waals surface area contributed by atoms with Crippen LogP contribution in [0.1, 0.15) is 5.56 Å². The maximum atomic E-state index is 11.5. The molecule has 0 bridgehead atoms. The fraction of sp³-hybridized carbons (Fsp3) is 0.375. The van der Waals surface area contributed by atoms with Crippen LogP contribution in [0.5, 0.6) is 0 Å². The van der Waals surface area contributed by atoms with Gasteiger partial charge in [-0.2, -0.15) is 0 Å². The Morgan fingerprint density at radius 3 is 2.36 bits per heavy atom. The van der Waals surface area contributed by atoms with Crippen molar-refractivity contribution < 1.29 is 4.57 Å². The van der Waals surface area contributed by atoms with Gasteiger partial charge in [-0.05, 0) is 31.9 Å². The van der Waals surface area contributed by atoms with Crippen LogP contribution < -0.4 is 5.44 Å². The van der Waals surface area contributed by atoms with E-state index < -0.39 is 7.14 Å². The number of aryl methyl sites for hydroxylation is 1. The normalized spacial score (nSPS) is 11.5. The van der Waals surface area contributed by atoms with E-state index in [2.05, 4.69) is 4.98 Å². The van der Waals surface area contributed by atoms with E-state index in [9.17, 15) is 4.57 Å². The topological polar surface area (TPSA) is 30.0 Å². The summed E-state index contributed by atoms with van der Waals surface area (Å²) in [6, 6.07) is 3.76. The van der Waals surface area contributed by atoms with Gasteiger partial charge in [0, 0.05) is 6.20 Å². The summed E-state index contributed by atoms with van der Waals surface area (Å²) < 4.78 is 11.5. The number of nitrogens with zero attached hydrogens (tertiary/aromatic N) is 1. The summed E-state index contributed by atoms with van der Waals surface area (Å²) in [5.41, 5.74) is 1.81. The van der Waals surface area contributed by atoms with Crippen LogP contribution >= 0.6 is 7.14 Å². The van der Waals surface area contributed by atoms with Gasteiger partial charge in [-0.15, -0.1) is 0 Å². The standard InChI is InChI=1S/C8H12NOP/c1-7-4-5-8(9-6-7)11(2,3)10/h4-6H,1-3H3. The number of rotatable bonds is 1. The van der Waals surface area contributed by atoms with Crippen molar-refractivity contribution in [2.24, 2.45) is 0 Å². The second kappa shape index (κ2) is 2.78. The van der Waals surface area contributed by atoms with E-state index in [1.807, 2.05) is 19.1 Å². The summed E-state index contributed by atoms with van der Waals surface area (Å²) in [4.78, 5) is 4.09. The Morgan fingerprint density at radius 2 is 2.00 bits per heavy atom. The summed E-state index contributed by atoms with van der Waals surface area (Å²) in [7, 11) is -2.15. The molecule has 0 spiro atoms. The highest BCUT2D eigenvalue weighted by atomic mass is 31.2. The lowest BCUT2D eigenvalue weighted by Crippen LogP contribution is -2.06. The lowest BCUT2D eigenvalue weighted by Gasteiger charge is -2.04. The first-order chi connectivity index (χ1) is 5.00. The molecule has 0 N–H and O–H groups in total. The number of hydrogen-bond donors (Lipinski definition) is 0. The molecule has 0 amide bonds. The maximum absolute atomic E-state index is 11.5. The van der Waals surface area contributed by atoms with E-state index in [0.29, 0.717) is 5.44 Å². The van der Waals surface area contributed by atoms with Crippen molar-refractivity contribution in [2.45, 2.75) is 6.92 Å². The van der Waals surface area contributed by atoms with Gasteiger partial charge in [-0.3, -0.25) is 4.98 Å². The smallest absolute Gasteiger partial charge is 0.127 e. The molecule has 0 saturated heterocycles. The van der Waals surface area contributed by atoms with Crippen molar-refractivity contribution in [3.8, 4) is 0 Å². The van der Waals surface area contributed by atoms with Gasteiger partial charge in [0.25, 0.3) is 0 Å². The van der Waals surface area contributed by atoms with Crippen molar-refractivity contribution in [2.75, 3.05) is 13.3 Å². The highest BCUT2D eigenvalue weighted by Gasteiger charge is 2.10. The maximum Gasteiger partial charge on any atom is 0.127 e. The molecule has 0 aliphatic rings. The molecule has 60 valence electrons. The molecule has 0 fully saturated rings. The molecule has 2 nitrogen and oxygen atoms in total. The molecule has 0 atom stereocenters. The van der Waals surface area contributed by atoms with Crippen LogP contribution in [0.4, 0.5) is 0 Å². The van der Waals surface area contributed by atoms with Gasteiger partial charge in [0.05, 0.1) is 5.44 Å². The van der Waals surface area contributed by atoms with Gasteiger partial charge in [0.1, 0.15) is 7.14 Å². The third-order valence-electron chi connectivity index (χ3n) is 1.45. The molecule has 0 unspecified atom stereocenters. The first-order valence-electron chi connectivity index (χ1n) is 3.48. The van der Waals surface area contributed by atoms with E-state index in [4.69, 9.17) is 0 Å². The Kier molecular flexibility index (Phi) is 2.15. The predicted octanol–water partition coefficient (Wildman–Crippen LogP) is 1.64. The van der Waals surface area contributed by atoms with Crippen molar-refractivity contribution in [1.82, 2.24) is 4.98 Å². The Hall–Kier alpha value is -0.620. The molecule has 0 aliphatic heterocycles. The zero-order chi connectivity index (χ0) is 8.48. The SMILES string of the molecule is Cc1ccc(P(C)(C)=O)nc1. The van der Waals surface area contributed by atoms with Crippen LogP contribution in [0.15, 0.2) is 18.3 Å². The summed E-state index contributed by atoms with van der Waals surface area (Å²) in [6.07, 6.45) is 1.75. The quantitative estimate of drug-likeness (QED) is 0.598. The summed E-state index contributed by atoms with van der Waals surface area (Å²) in [5.74, 6) is 0. The second-order valence-electron chi connectivity index (χ2n) is 3.04. The summed E-state index contributed by atoms with van der Waals surface area (Å²) in [6.45, 7) is 5.42. The molecule has 1 aromatic rings. The molecule has 0 aromatic carbocycles. The molecule has 1 aromatic heterocycles. The van der Waals surface area contributed by atoms with Gasteiger partial charge in [0.2, 0.25) is 0 Å². The Balaban J connectivity index is 3.09. The third kappa shape index (κ3) is 2.16. The zero-order valence-corrected chi connectivity index (χ0v) is 7.93. The van der Waals surface area contributed by atoms with Crippen molar-refractivity contribution >= 4 is 12.6 Å². The van der Waals surface area contributed by atoms with Crippen LogP contribution in [0.2, 0.25) is 0 Å². The second-order valence-corrected chi connectivity index (χ2v) is 6.20. The van der Waals surface area contributed by atoms with Crippen LogP contribution in [0.25, 0.3) is 0 Å². The van der Waals surface area contributed by atoms with Crippen LogP contribution in [-0.2, 0) is 4.57 Å². The van der Waals surface area contributed by atoms with Gasteiger partial charge in [0.15, 0.2) is 0 Å². The lowest BCUT2D eigenvalue weighted by molar-refractivity contribution is 0.588. The van der Waals surface area contributed by atoms with Gasteiger partial charge >= 0.3 is 0 Å². The van der Waals surface area contributed by atoms with E-state index in [1.54, 1.807) is 19.5 Å². The van der Waals surface area contributed by atoms with E-state index in [0.717, 1.165) is 5.56 Å². The van der Waals surface area contributed by atoms with E-state index >= 15 is 0 Å². The molecule has 0 saturated carbocycles. The number of hydrogen-bond acceptors (Lipinski definition) is 2. The fourth-order valence-corrected chi connectivity index (χ4v) is 1.55. The average molecular weight is 169 g/mol. The van der Waals surface area contributed by atoms with E-state index in [1.165, 1.54) is 0 Å². The van der Waals surface area contributed by atoms with Crippen LogP contribution in [-0.4, -0.2) is 18.3 Å². The molecule has 0 aliphatic carbocycles. The molecular weight excluding hydrogens is 157 g/mol. The Bertz CT molecular complexity index is 285. The van der Waals surface area contributed by atoms with Gasteiger partial charge in [-0.1, -0.05) is 6.07 Å². The van der Waals surface area contributed by atoms with Gasteiger partial charge in [-0.25, -0.2) is 0 Å². The third-order valence-corrected chi connectivity index (χ3v) is 2.82. The predicted molar refractivity (Wildman–Crippen MR) is 48.1 cm³/mol. The lowest BCUT2D eigenvalue weighted by atomic mass is 10.3. The summed E-state index contributed by atoms with van der Waals surface area (Å²) in [5, 5.41) is 0. The minimum atomic E-state index is -2.15. The van der Waals surface area contributed by atoms with Crippen molar-refractivity contribution in [3.63, 3.8) is 0 Å². The Labute approximate surface area is 67.0 Å². The first kappa shape index (κ1) is 8.48. The molecule has 11 heavy (non-hydrogen) atoms. The fourth-order valence-electron chi connectivity index (χ4n) is 0.779. The van der Waals surface area contributed by atoms with Gasteiger partial charge < -0.3 is 4.57 Å². The van der Waals surface area contributed by atoms with Crippen molar-refractivity contribution in [1.29, 1.82) is 0 Å². The molecule has 0 radical (unpaired) electrons. The minimum absolute atomic E-state index is 0.711. The monoisotopic (exact) mass is 169 g/mol. The van der Waals surface area contributed by atoms with Crippen molar-refractivity contribution in [3.05, 3.63) is 23.9 Å². The molecular formula is C8H12NOP. The Morgan fingerprint density at radius 1 is 1.36 bits per heavy atom. The molecule has 1 heterocycles. The molecule has 3 heteroatoms. The summed E-state index contributed by atoms with van der Waals surface area (Å²) >= 11 is 0.